The molecule has 0 radical (unpaired) electrons. The first kappa shape index (κ1) is 48.4. The zero-order valence-corrected chi connectivity index (χ0v) is 37.0. The molecule has 0 heterocycles. The monoisotopic (exact) mass is 831 g/mol. The quantitative estimate of drug-likeness (QED) is 0.0210. The first-order chi connectivity index (χ1) is 30.0. The fraction of sp³-hybridized carbons (Fsp3) is 0.472. The maximum atomic E-state index is 12.6. The van der Waals surface area contributed by atoms with Crippen LogP contribution in [0, 0.1) is 0 Å². The summed E-state index contributed by atoms with van der Waals surface area (Å²) in [7, 11) is 0. The number of aliphatic imine (C=N–C) groups is 2. The summed E-state index contributed by atoms with van der Waals surface area (Å²) in [5, 5.41) is 0. The molecular weight excluding hydrogens is 761 g/mol. The Morgan fingerprint density at radius 3 is 1.07 bits per heavy atom. The van der Waals surface area contributed by atoms with Crippen LogP contribution in [0.15, 0.2) is 107 Å². The van der Waals surface area contributed by atoms with Gasteiger partial charge in [0.25, 0.3) is 0 Å². The van der Waals surface area contributed by atoms with Gasteiger partial charge in [0.2, 0.25) is 0 Å². The molecule has 4 aromatic carbocycles. The highest BCUT2D eigenvalue weighted by molar-refractivity contribution is 5.92. The minimum absolute atomic E-state index is 0.388. The predicted molar refractivity (Wildman–Crippen MR) is 251 cm³/mol. The molecule has 4 aromatic rings. The molecule has 8 heteroatoms. The van der Waals surface area contributed by atoms with Crippen molar-refractivity contribution in [2.24, 2.45) is 9.98 Å². The number of hydrogen-bond acceptors (Lipinski definition) is 8. The molecule has 0 atom stereocenters. The van der Waals surface area contributed by atoms with Gasteiger partial charge in [0.1, 0.15) is 23.0 Å². The molecule has 0 spiro atoms. The van der Waals surface area contributed by atoms with Gasteiger partial charge < -0.3 is 18.9 Å². The average Bonchev–Trinajstić information content (AvgIpc) is 3.28. The van der Waals surface area contributed by atoms with E-state index in [4.69, 9.17) is 18.9 Å². The summed E-state index contributed by atoms with van der Waals surface area (Å²) in [6.07, 6.45) is 26.6. The minimum atomic E-state index is -0.388. The van der Waals surface area contributed by atoms with Gasteiger partial charge in [-0.15, -0.1) is 0 Å². The molecule has 0 aliphatic carbocycles. The Hall–Kier alpha value is -5.24. The molecule has 0 saturated carbocycles. The van der Waals surface area contributed by atoms with E-state index in [-0.39, 0.29) is 11.9 Å². The zero-order valence-electron chi connectivity index (χ0n) is 37.0. The van der Waals surface area contributed by atoms with Crippen molar-refractivity contribution in [3.63, 3.8) is 0 Å². The third-order valence-corrected chi connectivity index (χ3v) is 10.4. The van der Waals surface area contributed by atoms with E-state index in [0.29, 0.717) is 35.8 Å². The smallest absolute Gasteiger partial charge is 0.343 e. The summed E-state index contributed by atoms with van der Waals surface area (Å²) in [5.41, 5.74) is 2.95. The van der Waals surface area contributed by atoms with Crippen LogP contribution in [-0.4, -0.2) is 50.7 Å². The highest BCUT2D eigenvalue weighted by Gasteiger charge is 2.10. The van der Waals surface area contributed by atoms with E-state index >= 15 is 0 Å². The van der Waals surface area contributed by atoms with Crippen molar-refractivity contribution >= 4 is 24.4 Å². The third kappa shape index (κ3) is 21.2. The Kier molecular flexibility index (Phi) is 24.4. The molecular formula is C53H70N2O6. The Labute approximate surface area is 366 Å². The number of ether oxygens (including phenoxy) is 4. The lowest BCUT2D eigenvalue weighted by molar-refractivity contribution is 0.0725. The molecule has 0 saturated heterocycles. The van der Waals surface area contributed by atoms with Gasteiger partial charge in [0.15, 0.2) is 0 Å². The lowest BCUT2D eigenvalue weighted by Gasteiger charge is -2.08. The average molecular weight is 831 g/mol. The molecule has 0 amide bonds. The van der Waals surface area contributed by atoms with Crippen molar-refractivity contribution in [1.29, 1.82) is 0 Å². The van der Waals surface area contributed by atoms with Crippen LogP contribution in [0.4, 0.5) is 0 Å². The summed E-state index contributed by atoms with van der Waals surface area (Å²) < 4.78 is 22.8. The summed E-state index contributed by atoms with van der Waals surface area (Å²) in [6.45, 7) is 7.45. The summed E-state index contributed by atoms with van der Waals surface area (Å²) in [4.78, 5) is 34.4. The molecule has 0 fully saturated rings. The van der Waals surface area contributed by atoms with Gasteiger partial charge in [-0.3, -0.25) is 9.98 Å². The van der Waals surface area contributed by atoms with Crippen LogP contribution in [0.1, 0.15) is 168 Å². The van der Waals surface area contributed by atoms with Crippen LogP contribution >= 0.6 is 0 Å². The fourth-order valence-electron chi connectivity index (χ4n) is 6.73. The summed E-state index contributed by atoms with van der Waals surface area (Å²) >= 11 is 0. The zero-order chi connectivity index (χ0) is 43.0. The lowest BCUT2D eigenvalue weighted by Crippen LogP contribution is -2.08. The van der Waals surface area contributed by atoms with Gasteiger partial charge in [-0.1, -0.05) is 110 Å². The normalized spacial score (nSPS) is 11.3. The van der Waals surface area contributed by atoms with Crippen molar-refractivity contribution < 1.29 is 28.5 Å². The highest BCUT2D eigenvalue weighted by atomic mass is 16.5. The van der Waals surface area contributed by atoms with Gasteiger partial charge in [0.05, 0.1) is 24.3 Å². The van der Waals surface area contributed by atoms with Crippen LogP contribution in [0.2, 0.25) is 0 Å². The molecule has 8 nitrogen and oxygen atoms in total. The molecule has 0 unspecified atom stereocenters. The fourth-order valence-corrected chi connectivity index (χ4v) is 6.73. The van der Waals surface area contributed by atoms with E-state index in [1.165, 1.54) is 96.3 Å². The van der Waals surface area contributed by atoms with E-state index in [1.54, 1.807) is 48.5 Å². The van der Waals surface area contributed by atoms with Gasteiger partial charge >= 0.3 is 11.9 Å². The van der Waals surface area contributed by atoms with Gasteiger partial charge in [-0.25, -0.2) is 9.59 Å². The van der Waals surface area contributed by atoms with Crippen molar-refractivity contribution in [2.75, 3.05) is 26.3 Å². The van der Waals surface area contributed by atoms with Crippen molar-refractivity contribution in [3.05, 3.63) is 119 Å². The maximum Gasteiger partial charge on any atom is 0.343 e. The van der Waals surface area contributed by atoms with Gasteiger partial charge in [-0.2, -0.15) is 0 Å². The van der Waals surface area contributed by atoms with Gasteiger partial charge in [0, 0.05) is 25.5 Å². The van der Waals surface area contributed by atoms with E-state index < -0.39 is 0 Å². The van der Waals surface area contributed by atoms with E-state index in [0.717, 1.165) is 61.4 Å². The van der Waals surface area contributed by atoms with Crippen molar-refractivity contribution in [3.8, 4) is 23.0 Å². The largest absolute Gasteiger partial charge is 0.494 e. The first-order valence-corrected chi connectivity index (χ1v) is 23.1. The molecule has 328 valence electrons. The van der Waals surface area contributed by atoms with Crippen LogP contribution in [0.25, 0.3) is 0 Å². The topological polar surface area (TPSA) is 95.8 Å². The van der Waals surface area contributed by atoms with Crippen molar-refractivity contribution in [2.45, 2.75) is 136 Å². The summed E-state index contributed by atoms with van der Waals surface area (Å²) in [5.74, 6) is 1.78. The first-order valence-electron chi connectivity index (χ1n) is 23.1. The van der Waals surface area contributed by atoms with E-state index in [1.807, 2.05) is 61.0 Å². The molecule has 4 rings (SSSR count). The molecule has 0 aromatic heterocycles. The Morgan fingerprint density at radius 2 is 0.705 bits per heavy atom. The molecule has 0 bridgehead atoms. The van der Waals surface area contributed by atoms with Crippen LogP contribution < -0.4 is 18.9 Å². The third-order valence-electron chi connectivity index (χ3n) is 10.4. The molecule has 61 heavy (non-hydrogen) atoms. The SMILES string of the molecule is CCCCCCCCOc1ccc(C(=O)Oc2ccc(C=NCCCCCCCCCN=Cc3ccc(OC(=O)c4ccc(OCCCCCCCC)cc4)cc3)cc2)cc1. The number of carbonyl (C=O) groups excluding carboxylic acids is 2. The van der Waals surface area contributed by atoms with Crippen LogP contribution in [0.5, 0.6) is 23.0 Å². The molecule has 0 aliphatic heterocycles. The molecule has 0 N–H and O–H groups in total. The second-order valence-corrected chi connectivity index (χ2v) is 15.7. The van der Waals surface area contributed by atoms with Crippen molar-refractivity contribution in [1.82, 2.24) is 0 Å². The summed E-state index contributed by atoms with van der Waals surface area (Å²) in [6, 6.07) is 29.2. The Morgan fingerprint density at radius 1 is 0.393 bits per heavy atom. The number of carbonyl (C=O) groups is 2. The van der Waals surface area contributed by atoms with Crippen LogP contribution in [0.3, 0.4) is 0 Å². The second kappa shape index (κ2) is 30.7. The Balaban J connectivity index is 0.977. The minimum Gasteiger partial charge on any atom is -0.494 e. The van der Waals surface area contributed by atoms with Crippen LogP contribution in [-0.2, 0) is 0 Å². The number of nitrogens with zero attached hydrogens (tertiary/aromatic N) is 2. The number of unbranched alkanes of at least 4 members (excludes halogenated alkanes) is 16. The maximum absolute atomic E-state index is 12.6. The predicted octanol–water partition coefficient (Wildman–Crippen LogP) is 13.9. The Bertz CT molecular complexity index is 1680. The number of hydrogen-bond donors (Lipinski definition) is 0. The standard InChI is InChI=1S/C53H70N2O6/c1-3-5-7-9-16-20-40-58-48-34-26-46(27-35-48)52(56)60-50-30-22-44(23-31-50)42-54-38-18-14-12-11-13-15-19-39-55-43-45-24-32-51(33-25-45)61-53(57)47-28-36-49(37-29-47)59-41-21-17-10-8-6-4-2/h22-37,42-43H,3-21,38-41H2,1-2H3. The molecule has 0 aliphatic rings. The van der Waals surface area contributed by atoms with E-state index in [2.05, 4.69) is 23.8 Å². The highest BCUT2D eigenvalue weighted by Crippen LogP contribution is 2.19. The van der Waals surface area contributed by atoms with E-state index in [9.17, 15) is 9.59 Å². The number of benzene rings is 4. The number of esters is 2. The number of rotatable bonds is 32. The lowest BCUT2D eigenvalue weighted by atomic mass is 10.1. The van der Waals surface area contributed by atoms with Gasteiger partial charge in [-0.05, 0) is 134 Å². The second-order valence-electron chi connectivity index (χ2n) is 15.7.